The summed E-state index contributed by atoms with van der Waals surface area (Å²) in [5.74, 6) is 0. The van der Waals surface area contributed by atoms with Crippen molar-refractivity contribution in [3.63, 3.8) is 0 Å². The van der Waals surface area contributed by atoms with Gasteiger partial charge in [-0.15, -0.1) is 11.3 Å². The largest absolute Gasteiger partial charge is 0.310 e. The second-order valence-electron chi connectivity index (χ2n) is 5.36. The minimum Gasteiger partial charge on any atom is -0.310 e. The van der Waals surface area contributed by atoms with E-state index in [9.17, 15) is 0 Å². The van der Waals surface area contributed by atoms with Gasteiger partial charge >= 0.3 is 0 Å². The Morgan fingerprint density at radius 1 is 1.44 bits per heavy atom. The Balaban J connectivity index is 2.03. The molecule has 3 nitrogen and oxygen atoms in total. The molecule has 0 unspecified atom stereocenters. The molecule has 1 aliphatic heterocycles. The third-order valence-corrected chi connectivity index (χ3v) is 5.01. The molecule has 2 heterocycles. The molecule has 0 aromatic carbocycles. The lowest BCUT2D eigenvalue weighted by molar-refractivity contribution is 0.191. The van der Waals surface area contributed by atoms with E-state index < -0.39 is 0 Å². The van der Waals surface area contributed by atoms with Gasteiger partial charge in [-0.05, 0) is 39.3 Å². The van der Waals surface area contributed by atoms with Crippen LogP contribution < -0.4 is 5.32 Å². The van der Waals surface area contributed by atoms with E-state index in [1.165, 1.54) is 30.8 Å². The molecule has 0 amide bonds. The minimum atomic E-state index is 0.308. The van der Waals surface area contributed by atoms with Crippen LogP contribution in [0.15, 0.2) is 5.38 Å². The molecule has 1 saturated heterocycles. The summed E-state index contributed by atoms with van der Waals surface area (Å²) < 4.78 is 0. The summed E-state index contributed by atoms with van der Waals surface area (Å²) in [5.41, 5.74) is 1.46. The topological polar surface area (TPSA) is 28.2 Å². The monoisotopic (exact) mass is 267 g/mol. The van der Waals surface area contributed by atoms with Gasteiger partial charge in [0.2, 0.25) is 0 Å². The van der Waals surface area contributed by atoms with Crippen molar-refractivity contribution in [2.75, 3.05) is 19.6 Å². The van der Waals surface area contributed by atoms with Gasteiger partial charge < -0.3 is 5.32 Å². The minimum absolute atomic E-state index is 0.308. The molecule has 0 saturated carbocycles. The van der Waals surface area contributed by atoms with Crippen LogP contribution in [0.3, 0.4) is 0 Å². The summed E-state index contributed by atoms with van der Waals surface area (Å²) in [6.07, 6.45) is 3.65. The Hall–Kier alpha value is -0.450. The van der Waals surface area contributed by atoms with Crippen LogP contribution >= 0.6 is 11.3 Å². The quantitative estimate of drug-likeness (QED) is 0.909. The summed E-state index contributed by atoms with van der Waals surface area (Å²) in [6.45, 7) is 11.2. The number of thiazole rings is 1. The molecular weight excluding hydrogens is 242 g/mol. The predicted molar refractivity (Wildman–Crippen MR) is 78.1 cm³/mol. The Labute approximate surface area is 115 Å². The summed E-state index contributed by atoms with van der Waals surface area (Å²) in [4.78, 5) is 7.17. The molecule has 1 aromatic heterocycles. The van der Waals surface area contributed by atoms with Gasteiger partial charge in [0.15, 0.2) is 0 Å². The smallest absolute Gasteiger partial charge is 0.107 e. The fraction of sp³-hybridized carbons (Fsp3) is 0.786. The van der Waals surface area contributed by atoms with Crippen molar-refractivity contribution in [1.29, 1.82) is 0 Å². The summed E-state index contributed by atoms with van der Waals surface area (Å²) in [7, 11) is 0. The van der Waals surface area contributed by atoms with Gasteiger partial charge in [0, 0.05) is 23.2 Å². The predicted octanol–water partition coefficient (Wildman–Crippen LogP) is 2.81. The number of nitrogens with zero attached hydrogens (tertiary/aromatic N) is 2. The van der Waals surface area contributed by atoms with E-state index in [1.54, 1.807) is 11.3 Å². The molecule has 0 spiro atoms. The second kappa shape index (κ2) is 6.13. The lowest BCUT2D eigenvalue weighted by atomic mass is 9.92. The number of hydrogen-bond acceptors (Lipinski definition) is 4. The Morgan fingerprint density at radius 3 is 2.83 bits per heavy atom. The van der Waals surface area contributed by atoms with Crippen LogP contribution in [-0.2, 0) is 6.54 Å². The zero-order valence-electron chi connectivity index (χ0n) is 11.8. The first kappa shape index (κ1) is 14.0. The number of hydrogen-bond donors (Lipinski definition) is 1. The molecule has 1 N–H and O–H groups in total. The maximum atomic E-state index is 4.59. The summed E-state index contributed by atoms with van der Waals surface area (Å²) in [5, 5.41) is 7.17. The number of aromatic nitrogens is 1. The van der Waals surface area contributed by atoms with Crippen LogP contribution in [0.25, 0.3) is 0 Å². The van der Waals surface area contributed by atoms with Crippen LogP contribution in [-0.4, -0.2) is 35.1 Å². The first-order chi connectivity index (χ1) is 8.67. The lowest BCUT2D eigenvalue weighted by Gasteiger charge is -2.35. The second-order valence-corrected chi connectivity index (χ2v) is 6.30. The third kappa shape index (κ3) is 3.31. The Kier molecular flexibility index (Phi) is 4.76. The molecule has 1 aromatic rings. The molecule has 0 atom stereocenters. The molecule has 1 fully saturated rings. The van der Waals surface area contributed by atoms with Crippen LogP contribution in [0.4, 0.5) is 0 Å². The first-order valence-corrected chi connectivity index (χ1v) is 7.94. The highest BCUT2D eigenvalue weighted by molar-refractivity contribution is 7.09. The number of nitrogens with one attached hydrogen (secondary N) is 1. The highest BCUT2D eigenvalue weighted by atomic mass is 32.1. The lowest BCUT2D eigenvalue weighted by Crippen LogP contribution is -2.50. The molecule has 18 heavy (non-hydrogen) atoms. The molecule has 102 valence electrons. The van der Waals surface area contributed by atoms with E-state index in [0.717, 1.165) is 25.3 Å². The first-order valence-electron chi connectivity index (χ1n) is 7.06. The van der Waals surface area contributed by atoms with Crippen molar-refractivity contribution in [2.24, 2.45) is 0 Å². The fourth-order valence-electron chi connectivity index (χ4n) is 2.74. The van der Waals surface area contributed by atoms with Crippen molar-refractivity contribution in [3.8, 4) is 0 Å². The van der Waals surface area contributed by atoms with Gasteiger partial charge in [-0.1, -0.05) is 13.8 Å². The van der Waals surface area contributed by atoms with Gasteiger partial charge in [-0.3, -0.25) is 4.90 Å². The normalized spacial score (nSPS) is 20.8. The van der Waals surface area contributed by atoms with Crippen molar-refractivity contribution in [2.45, 2.75) is 52.1 Å². The average molecular weight is 267 g/mol. The highest BCUT2D eigenvalue weighted by Crippen LogP contribution is 2.21. The van der Waals surface area contributed by atoms with Gasteiger partial charge in [0.05, 0.1) is 6.54 Å². The van der Waals surface area contributed by atoms with E-state index in [2.05, 4.69) is 41.4 Å². The van der Waals surface area contributed by atoms with Crippen LogP contribution in [0.2, 0.25) is 0 Å². The van der Waals surface area contributed by atoms with Crippen molar-refractivity contribution >= 4 is 11.3 Å². The fourth-order valence-corrected chi connectivity index (χ4v) is 3.56. The van der Waals surface area contributed by atoms with E-state index >= 15 is 0 Å². The molecular formula is C14H25N3S. The molecule has 4 heteroatoms. The molecule has 2 rings (SSSR count). The van der Waals surface area contributed by atoms with E-state index in [-0.39, 0.29) is 0 Å². The maximum absolute atomic E-state index is 4.59. The number of aryl methyl sites for hydroxylation is 1. The van der Waals surface area contributed by atoms with Crippen LogP contribution in [0.1, 0.15) is 43.8 Å². The van der Waals surface area contributed by atoms with E-state index in [4.69, 9.17) is 0 Å². The Bertz CT molecular complexity index is 371. The van der Waals surface area contributed by atoms with Crippen LogP contribution in [0, 0.1) is 6.92 Å². The molecule has 0 aliphatic carbocycles. The SMILES string of the molecule is CCC1(CC)CN(Cc2nc(C)cs2)CCCN1. The summed E-state index contributed by atoms with van der Waals surface area (Å²) in [6, 6.07) is 0. The third-order valence-electron chi connectivity index (χ3n) is 4.06. The molecule has 0 radical (unpaired) electrons. The zero-order valence-corrected chi connectivity index (χ0v) is 12.6. The van der Waals surface area contributed by atoms with Crippen molar-refractivity contribution in [3.05, 3.63) is 16.1 Å². The van der Waals surface area contributed by atoms with Gasteiger partial charge in [-0.25, -0.2) is 4.98 Å². The molecule has 0 bridgehead atoms. The van der Waals surface area contributed by atoms with Gasteiger partial charge in [-0.2, -0.15) is 0 Å². The number of rotatable bonds is 4. The maximum Gasteiger partial charge on any atom is 0.107 e. The van der Waals surface area contributed by atoms with Gasteiger partial charge in [0.25, 0.3) is 0 Å². The zero-order chi connectivity index (χ0) is 13.0. The van der Waals surface area contributed by atoms with Gasteiger partial charge in [0.1, 0.15) is 5.01 Å². The van der Waals surface area contributed by atoms with Crippen molar-refractivity contribution < 1.29 is 0 Å². The standard InChI is InChI=1S/C14H25N3S/c1-4-14(5-2)11-17(8-6-7-15-14)9-13-16-12(3)10-18-13/h10,15H,4-9,11H2,1-3H3. The van der Waals surface area contributed by atoms with Crippen LogP contribution in [0.5, 0.6) is 0 Å². The highest BCUT2D eigenvalue weighted by Gasteiger charge is 2.30. The summed E-state index contributed by atoms with van der Waals surface area (Å²) >= 11 is 1.79. The molecule has 1 aliphatic rings. The van der Waals surface area contributed by atoms with Crippen molar-refractivity contribution in [1.82, 2.24) is 15.2 Å². The van der Waals surface area contributed by atoms with E-state index in [1.807, 2.05) is 0 Å². The Morgan fingerprint density at radius 2 is 2.22 bits per heavy atom. The van der Waals surface area contributed by atoms with E-state index in [0.29, 0.717) is 5.54 Å². The average Bonchev–Trinajstić information content (AvgIpc) is 2.66.